The van der Waals surface area contributed by atoms with E-state index in [0.717, 1.165) is 4.60 Å². The van der Waals surface area contributed by atoms with Gasteiger partial charge in [0.25, 0.3) is 0 Å². The largest absolute Gasteiger partial charge is 0.324 e. The van der Waals surface area contributed by atoms with Crippen LogP contribution in [0.5, 0.6) is 0 Å². The molecule has 12 heavy (non-hydrogen) atoms. The van der Waals surface area contributed by atoms with E-state index in [4.69, 9.17) is 0 Å². The molecule has 0 saturated carbocycles. The minimum absolute atomic E-state index is 0.111. The number of nitrogens with zero attached hydrogens (tertiary/aromatic N) is 1. The van der Waals surface area contributed by atoms with Gasteiger partial charge in [-0.15, -0.1) is 0 Å². The second-order valence-electron chi connectivity index (χ2n) is 2.15. The van der Waals surface area contributed by atoms with Crippen molar-refractivity contribution in [2.24, 2.45) is 0 Å². The first-order chi connectivity index (χ1) is 5.59. The molecule has 5 heteroatoms. The van der Waals surface area contributed by atoms with Crippen LogP contribution in [0.3, 0.4) is 0 Å². The summed E-state index contributed by atoms with van der Waals surface area (Å²) in [5, 5.41) is 2.63. The summed E-state index contributed by atoms with van der Waals surface area (Å²) in [5.74, 6) is -0.111. The van der Waals surface area contributed by atoms with Crippen molar-refractivity contribution in [2.75, 3.05) is 5.32 Å². The van der Waals surface area contributed by atoms with Crippen LogP contribution in [0.25, 0.3) is 0 Å². The summed E-state index contributed by atoms with van der Waals surface area (Å²) in [4.78, 5) is 14.7. The highest BCUT2D eigenvalue weighted by Crippen LogP contribution is 2.21. The maximum Gasteiger partial charge on any atom is 0.221 e. The van der Waals surface area contributed by atoms with Gasteiger partial charge < -0.3 is 5.32 Å². The van der Waals surface area contributed by atoms with Crippen LogP contribution >= 0.6 is 31.9 Å². The van der Waals surface area contributed by atoms with Crippen molar-refractivity contribution in [1.29, 1.82) is 0 Å². The maximum atomic E-state index is 10.7. The molecule has 0 bridgehead atoms. The highest BCUT2D eigenvalue weighted by molar-refractivity contribution is 9.11. The zero-order chi connectivity index (χ0) is 9.14. The van der Waals surface area contributed by atoms with Gasteiger partial charge in [0.15, 0.2) is 0 Å². The fourth-order valence-electron chi connectivity index (χ4n) is 0.695. The van der Waals surface area contributed by atoms with Gasteiger partial charge in [0, 0.05) is 6.92 Å². The lowest BCUT2D eigenvalue weighted by Gasteiger charge is -2.03. The van der Waals surface area contributed by atoms with Gasteiger partial charge in [-0.25, -0.2) is 4.98 Å². The zero-order valence-corrected chi connectivity index (χ0v) is 9.44. The van der Waals surface area contributed by atoms with E-state index in [1.807, 2.05) is 0 Å². The molecule has 0 aromatic carbocycles. The molecule has 1 heterocycles. The summed E-state index contributed by atoms with van der Waals surface area (Å²) in [6.45, 7) is 1.45. The van der Waals surface area contributed by atoms with Crippen molar-refractivity contribution < 1.29 is 4.79 Å². The third-order valence-electron chi connectivity index (χ3n) is 1.13. The molecule has 1 N–H and O–H groups in total. The van der Waals surface area contributed by atoms with Gasteiger partial charge in [0.2, 0.25) is 5.91 Å². The summed E-state index contributed by atoms with van der Waals surface area (Å²) in [7, 11) is 0. The maximum absolute atomic E-state index is 10.7. The number of pyridine rings is 1. The van der Waals surface area contributed by atoms with Gasteiger partial charge >= 0.3 is 0 Å². The van der Waals surface area contributed by atoms with E-state index in [1.165, 1.54) is 6.92 Å². The fraction of sp³-hybridized carbons (Fsp3) is 0.143. The number of hydrogen-bond donors (Lipinski definition) is 1. The lowest BCUT2D eigenvalue weighted by atomic mass is 10.4. The summed E-state index contributed by atoms with van der Waals surface area (Å²) < 4.78 is 1.34. The quantitative estimate of drug-likeness (QED) is 0.809. The standard InChI is InChI=1S/C7H6Br2N2O/c1-4(12)10-5-2-3-6(8)11-7(5)9/h2-3H,1H3,(H,10,12). The molecule has 1 aromatic heterocycles. The third-order valence-corrected chi connectivity index (χ3v) is 2.17. The van der Waals surface area contributed by atoms with Gasteiger partial charge in [-0.1, -0.05) is 0 Å². The van der Waals surface area contributed by atoms with Crippen molar-refractivity contribution in [3.8, 4) is 0 Å². The molecule has 0 radical (unpaired) electrons. The summed E-state index contributed by atoms with van der Waals surface area (Å²) in [5.41, 5.74) is 0.672. The average molecular weight is 294 g/mol. The minimum Gasteiger partial charge on any atom is -0.324 e. The highest BCUT2D eigenvalue weighted by Gasteiger charge is 2.02. The molecule has 0 saturated heterocycles. The number of carbonyl (C=O) groups excluding carboxylic acids is 1. The molecule has 1 rings (SSSR count). The molecule has 0 unspecified atom stereocenters. The van der Waals surface area contributed by atoms with E-state index in [2.05, 4.69) is 42.2 Å². The van der Waals surface area contributed by atoms with Crippen molar-refractivity contribution in [1.82, 2.24) is 4.98 Å². The number of anilines is 1. The van der Waals surface area contributed by atoms with Gasteiger partial charge in [-0.2, -0.15) is 0 Å². The molecule has 0 atom stereocenters. The second-order valence-corrected chi connectivity index (χ2v) is 3.72. The number of amides is 1. The molecule has 1 aromatic rings. The SMILES string of the molecule is CC(=O)Nc1ccc(Br)nc1Br. The molecule has 3 nitrogen and oxygen atoms in total. The second kappa shape index (κ2) is 4.00. The van der Waals surface area contributed by atoms with Crippen molar-refractivity contribution >= 4 is 43.5 Å². The van der Waals surface area contributed by atoms with Crippen molar-refractivity contribution in [3.05, 3.63) is 21.3 Å². The van der Waals surface area contributed by atoms with Gasteiger partial charge in [0.1, 0.15) is 9.21 Å². The first kappa shape index (κ1) is 9.67. The number of hydrogen-bond acceptors (Lipinski definition) is 2. The Labute approximate surface area is 86.8 Å². The van der Waals surface area contributed by atoms with Crippen LogP contribution in [0.4, 0.5) is 5.69 Å². The summed E-state index contributed by atoms with van der Waals surface area (Å²) in [6, 6.07) is 3.53. The molecule has 0 aliphatic rings. The van der Waals surface area contributed by atoms with Crippen LogP contribution in [-0.2, 0) is 4.79 Å². The van der Waals surface area contributed by atoms with Crippen LogP contribution in [0.1, 0.15) is 6.92 Å². The van der Waals surface area contributed by atoms with Crippen LogP contribution < -0.4 is 5.32 Å². The van der Waals surface area contributed by atoms with Crippen LogP contribution in [0.2, 0.25) is 0 Å². The number of rotatable bonds is 1. The Hall–Kier alpha value is -0.420. The average Bonchev–Trinajstić information content (AvgIpc) is 1.94. The molecule has 64 valence electrons. The predicted molar refractivity (Wildman–Crippen MR) is 53.9 cm³/mol. The monoisotopic (exact) mass is 292 g/mol. The van der Waals surface area contributed by atoms with Gasteiger partial charge in [-0.3, -0.25) is 4.79 Å². The van der Waals surface area contributed by atoms with Crippen molar-refractivity contribution in [2.45, 2.75) is 6.92 Å². The Kier molecular flexibility index (Phi) is 3.22. The molecular formula is C7H6Br2N2O. The fourth-order valence-corrected chi connectivity index (χ4v) is 1.66. The molecular weight excluding hydrogens is 288 g/mol. The topological polar surface area (TPSA) is 42.0 Å². The minimum atomic E-state index is -0.111. The molecule has 0 spiro atoms. The van der Waals surface area contributed by atoms with Crippen LogP contribution in [0, 0.1) is 0 Å². The predicted octanol–water partition coefficient (Wildman–Crippen LogP) is 2.57. The first-order valence-corrected chi connectivity index (χ1v) is 4.78. The highest BCUT2D eigenvalue weighted by atomic mass is 79.9. The van der Waals surface area contributed by atoms with E-state index >= 15 is 0 Å². The van der Waals surface area contributed by atoms with Gasteiger partial charge in [0.05, 0.1) is 5.69 Å². The van der Waals surface area contributed by atoms with E-state index in [1.54, 1.807) is 12.1 Å². The van der Waals surface area contributed by atoms with Crippen molar-refractivity contribution in [3.63, 3.8) is 0 Å². The Balaban J connectivity index is 2.93. The Bertz CT molecular complexity index is 314. The lowest BCUT2D eigenvalue weighted by Crippen LogP contribution is -2.06. The third kappa shape index (κ3) is 2.57. The Morgan fingerprint density at radius 2 is 2.17 bits per heavy atom. The number of aromatic nitrogens is 1. The van der Waals surface area contributed by atoms with E-state index < -0.39 is 0 Å². The molecule has 0 aliphatic carbocycles. The van der Waals surface area contributed by atoms with Gasteiger partial charge in [-0.05, 0) is 44.0 Å². The molecule has 0 fully saturated rings. The molecule has 1 amide bonds. The van der Waals surface area contributed by atoms with E-state index in [9.17, 15) is 4.79 Å². The molecule has 0 aliphatic heterocycles. The smallest absolute Gasteiger partial charge is 0.221 e. The number of carbonyl (C=O) groups is 1. The lowest BCUT2D eigenvalue weighted by molar-refractivity contribution is -0.114. The van der Waals surface area contributed by atoms with Crippen LogP contribution in [0.15, 0.2) is 21.3 Å². The first-order valence-electron chi connectivity index (χ1n) is 3.19. The Morgan fingerprint density at radius 1 is 1.50 bits per heavy atom. The van der Waals surface area contributed by atoms with Crippen LogP contribution in [-0.4, -0.2) is 10.9 Å². The normalized spacial score (nSPS) is 9.58. The van der Waals surface area contributed by atoms with E-state index in [-0.39, 0.29) is 5.91 Å². The number of nitrogens with one attached hydrogen (secondary N) is 1. The summed E-state index contributed by atoms with van der Waals surface area (Å²) >= 11 is 6.43. The Morgan fingerprint density at radius 3 is 2.67 bits per heavy atom. The summed E-state index contributed by atoms with van der Waals surface area (Å²) in [6.07, 6.45) is 0. The van der Waals surface area contributed by atoms with E-state index in [0.29, 0.717) is 10.3 Å². The number of halogens is 2. The zero-order valence-electron chi connectivity index (χ0n) is 6.27.